The van der Waals surface area contributed by atoms with Crippen LogP contribution in [-0.4, -0.2) is 43.6 Å². The van der Waals surface area contributed by atoms with Crippen molar-refractivity contribution in [1.29, 1.82) is 0 Å². The molecule has 0 spiro atoms. The summed E-state index contributed by atoms with van der Waals surface area (Å²) < 4.78 is 0. The molecule has 8 nitrogen and oxygen atoms in total. The molecule has 1 fully saturated rings. The van der Waals surface area contributed by atoms with Crippen LogP contribution in [0.5, 0.6) is 0 Å². The number of aromatic amines is 1. The minimum atomic E-state index is -0.612. The zero-order valence-electron chi connectivity index (χ0n) is 15.2. The summed E-state index contributed by atoms with van der Waals surface area (Å²) in [5, 5.41) is 3.24. The molecule has 0 bridgehead atoms. The number of carbonyl (C=O) groups is 3. The van der Waals surface area contributed by atoms with Crippen molar-refractivity contribution in [3.8, 4) is 11.3 Å². The Morgan fingerprint density at radius 3 is 2.82 bits per heavy atom. The van der Waals surface area contributed by atoms with Crippen molar-refractivity contribution in [3.63, 3.8) is 0 Å². The van der Waals surface area contributed by atoms with Gasteiger partial charge in [-0.15, -0.1) is 0 Å². The summed E-state index contributed by atoms with van der Waals surface area (Å²) in [4.78, 5) is 49.8. The molecule has 0 radical (unpaired) electrons. The second-order valence-corrected chi connectivity index (χ2v) is 7.21. The Kier molecular flexibility index (Phi) is 3.55. The molecule has 1 unspecified atom stereocenters. The number of carbonyl (C=O) groups excluding carboxylic acids is 3. The summed E-state index contributed by atoms with van der Waals surface area (Å²) in [6.45, 7) is 2.30. The summed E-state index contributed by atoms with van der Waals surface area (Å²) in [6, 6.07) is 6.99. The van der Waals surface area contributed by atoms with Crippen LogP contribution in [0.15, 0.2) is 30.6 Å². The van der Waals surface area contributed by atoms with E-state index in [-0.39, 0.29) is 18.2 Å². The number of hydrogen-bond donors (Lipinski definition) is 2. The van der Waals surface area contributed by atoms with Gasteiger partial charge < -0.3 is 9.88 Å². The number of nitrogens with one attached hydrogen (secondary N) is 2. The van der Waals surface area contributed by atoms with E-state index in [2.05, 4.69) is 20.3 Å². The first-order valence-corrected chi connectivity index (χ1v) is 9.09. The molecule has 2 N–H and O–H groups in total. The van der Waals surface area contributed by atoms with E-state index in [1.165, 1.54) is 6.33 Å². The molecular formula is C20H17N5O3. The zero-order chi connectivity index (χ0) is 19.4. The highest BCUT2D eigenvalue weighted by Crippen LogP contribution is 2.32. The first kappa shape index (κ1) is 16.6. The largest absolute Gasteiger partial charge is 0.343 e. The number of nitrogens with zero attached hydrogens (tertiary/aromatic N) is 3. The average Bonchev–Trinajstić information content (AvgIpc) is 3.20. The molecule has 3 aromatic rings. The maximum absolute atomic E-state index is 12.8. The summed E-state index contributed by atoms with van der Waals surface area (Å²) in [5.74, 6) is -0.874. The highest BCUT2D eigenvalue weighted by molar-refractivity contribution is 6.05. The lowest BCUT2D eigenvalue weighted by Crippen LogP contribution is -2.52. The number of piperidine rings is 1. The van der Waals surface area contributed by atoms with E-state index in [0.717, 1.165) is 33.5 Å². The molecule has 1 atom stereocenters. The lowest BCUT2D eigenvalue weighted by Gasteiger charge is -2.29. The average molecular weight is 375 g/mol. The lowest BCUT2D eigenvalue weighted by atomic mass is 10.0. The second-order valence-electron chi connectivity index (χ2n) is 7.21. The van der Waals surface area contributed by atoms with Gasteiger partial charge >= 0.3 is 0 Å². The molecule has 5 rings (SSSR count). The summed E-state index contributed by atoms with van der Waals surface area (Å²) in [5.41, 5.74) is 4.89. The first-order valence-electron chi connectivity index (χ1n) is 9.09. The number of benzene rings is 1. The van der Waals surface area contributed by atoms with Gasteiger partial charge in [0.05, 0.1) is 5.69 Å². The van der Waals surface area contributed by atoms with Crippen molar-refractivity contribution < 1.29 is 14.4 Å². The molecule has 2 aromatic heterocycles. The van der Waals surface area contributed by atoms with Gasteiger partial charge in [0.2, 0.25) is 11.8 Å². The van der Waals surface area contributed by atoms with Gasteiger partial charge in [-0.2, -0.15) is 0 Å². The standard InChI is InChI=1S/C20H17N5O3/c1-10-6-14-17(21-9-22-18(14)23-10)11-2-3-13-12(7-11)8-25(20(13)28)15-4-5-16(26)24-19(15)27/h2-3,6-7,9,15H,4-5,8H2,1H3,(H,21,22,23)(H,24,26,27). The monoisotopic (exact) mass is 375 g/mol. The lowest BCUT2D eigenvalue weighted by molar-refractivity contribution is -0.136. The Balaban J connectivity index is 1.51. The van der Waals surface area contributed by atoms with E-state index in [1.807, 2.05) is 25.1 Å². The van der Waals surface area contributed by atoms with Crippen LogP contribution in [0, 0.1) is 6.92 Å². The van der Waals surface area contributed by atoms with Crippen molar-refractivity contribution in [3.05, 3.63) is 47.4 Å². The number of amides is 3. The van der Waals surface area contributed by atoms with Gasteiger partial charge in [-0.25, -0.2) is 9.97 Å². The SMILES string of the molecule is Cc1cc2c(-c3ccc4c(c3)CN(C3CCC(=O)NC3=O)C4=O)ncnc2[nH]1. The van der Waals surface area contributed by atoms with E-state index in [9.17, 15) is 14.4 Å². The van der Waals surface area contributed by atoms with Gasteiger partial charge in [0, 0.05) is 35.2 Å². The third-order valence-corrected chi connectivity index (χ3v) is 5.36. The fourth-order valence-corrected chi connectivity index (χ4v) is 4.02. The van der Waals surface area contributed by atoms with E-state index in [4.69, 9.17) is 0 Å². The van der Waals surface area contributed by atoms with Crippen molar-refractivity contribution >= 4 is 28.8 Å². The third kappa shape index (κ3) is 2.49. The van der Waals surface area contributed by atoms with Crippen LogP contribution in [0.3, 0.4) is 0 Å². The fraction of sp³-hybridized carbons (Fsp3) is 0.250. The molecule has 8 heteroatoms. The number of hydrogen-bond acceptors (Lipinski definition) is 5. The zero-order valence-corrected chi connectivity index (χ0v) is 15.2. The molecule has 140 valence electrons. The topological polar surface area (TPSA) is 108 Å². The van der Waals surface area contributed by atoms with E-state index in [0.29, 0.717) is 18.5 Å². The highest BCUT2D eigenvalue weighted by Gasteiger charge is 2.39. The second kappa shape index (κ2) is 5.98. The van der Waals surface area contributed by atoms with E-state index in [1.54, 1.807) is 11.0 Å². The molecule has 1 aromatic carbocycles. The molecule has 0 aliphatic carbocycles. The van der Waals surface area contributed by atoms with Gasteiger partial charge in [0.15, 0.2) is 0 Å². The third-order valence-electron chi connectivity index (χ3n) is 5.36. The molecule has 3 amide bonds. The summed E-state index contributed by atoms with van der Waals surface area (Å²) >= 11 is 0. The molecule has 0 saturated carbocycles. The quantitative estimate of drug-likeness (QED) is 0.663. The van der Waals surface area contributed by atoms with Crippen molar-refractivity contribution in [2.45, 2.75) is 32.4 Å². The van der Waals surface area contributed by atoms with Gasteiger partial charge in [-0.3, -0.25) is 19.7 Å². The van der Waals surface area contributed by atoms with Crippen molar-refractivity contribution in [2.75, 3.05) is 0 Å². The highest BCUT2D eigenvalue weighted by atomic mass is 16.2. The number of imide groups is 1. The van der Waals surface area contributed by atoms with Crippen LogP contribution in [0.25, 0.3) is 22.3 Å². The predicted molar refractivity (Wildman–Crippen MR) is 100 cm³/mol. The van der Waals surface area contributed by atoms with Crippen molar-refractivity contribution in [2.24, 2.45) is 0 Å². The summed E-state index contributed by atoms with van der Waals surface area (Å²) in [7, 11) is 0. The number of aromatic nitrogens is 3. The maximum atomic E-state index is 12.8. The normalized spacial score (nSPS) is 19.2. The molecule has 4 heterocycles. The van der Waals surface area contributed by atoms with Crippen LogP contribution in [0.1, 0.15) is 34.5 Å². The van der Waals surface area contributed by atoms with Crippen LogP contribution in [0.4, 0.5) is 0 Å². The number of H-pyrrole nitrogens is 1. The predicted octanol–water partition coefficient (Wildman–Crippen LogP) is 1.69. The van der Waals surface area contributed by atoms with Crippen LogP contribution < -0.4 is 5.32 Å². The Labute approximate surface area is 160 Å². The Morgan fingerprint density at radius 2 is 2.00 bits per heavy atom. The van der Waals surface area contributed by atoms with Crippen LogP contribution in [0.2, 0.25) is 0 Å². The van der Waals surface area contributed by atoms with Crippen LogP contribution in [-0.2, 0) is 16.1 Å². The van der Waals surface area contributed by atoms with Gasteiger partial charge in [0.25, 0.3) is 5.91 Å². The Morgan fingerprint density at radius 1 is 1.14 bits per heavy atom. The van der Waals surface area contributed by atoms with E-state index < -0.39 is 11.9 Å². The van der Waals surface area contributed by atoms with Crippen molar-refractivity contribution in [1.82, 2.24) is 25.2 Å². The van der Waals surface area contributed by atoms with E-state index >= 15 is 0 Å². The first-order chi connectivity index (χ1) is 13.5. The maximum Gasteiger partial charge on any atom is 0.255 e. The van der Waals surface area contributed by atoms with Gasteiger partial charge in [0.1, 0.15) is 18.0 Å². The molecule has 1 saturated heterocycles. The van der Waals surface area contributed by atoms with Gasteiger partial charge in [-0.05, 0) is 37.1 Å². The minimum Gasteiger partial charge on any atom is -0.343 e. The molecular weight excluding hydrogens is 358 g/mol. The molecule has 2 aliphatic rings. The fourth-order valence-electron chi connectivity index (χ4n) is 4.02. The summed E-state index contributed by atoms with van der Waals surface area (Å²) in [6.07, 6.45) is 2.11. The molecule has 2 aliphatic heterocycles. The van der Waals surface area contributed by atoms with Gasteiger partial charge in [-0.1, -0.05) is 6.07 Å². The van der Waals surface area contributed by atoms with Crippen LogP contribution >= 0.6 is 0 Å². The Hall–Kier alpha value is -3.55. The number of rotatable bonds is 2. The smallest absolute Gasteiger partial charge is 0.255 e. The minimum absolute atomic E-state index is 0.179. The number of aryl methyl sites for hydroxylation is 1. The number of fused-ring (bicyclic) bond motifs is 2. The Bertz CT molecular complexity index is 1170. The molecule has 28 heavy (non-hydrogen) atoms.